The van der Waals surface area contributed by atoms with Gasteiger partial charge in [-0.25, -0.2) is 4.39 Å². The van der Waals surface area contributed by atoms with Crippen molar-refractivity contribution < 1.29 is 4.39 Å². The zero-order chi connectivity index (χ0) is 11.4. The summed E-state index contributed by atoms with van der Waals surface area (Å²) in [5.74, 6) is -0.349. The maximum atomic E-state index is 12.7. The summed E-state index contributed by atoms with van der Waals surface area (Å²) in [6, 6.07) is 2.84. The lowest BCUT2D eigenvalue weighted by Crippen LogP contribution is -2.20. The van der Waals surface area contributed by atoms with Gasteiger partial charge < -0.3 is 5.32 Å². The van der Waals surface area contributed by atoms with Crippen LogP contribution in [0.2, 0.25) is 0 Å². The molecule has 0 spiro atoms. The molecule has 0 aliphatic rings. The van der Waals surface area contributed by atoms with Crippen molar-refractivity contribution in [1.82, 2.24) is 20.3 Å². The molecule has 5 heteroatoms. The van der Waals surface area contributed by atoms with Crippen molar-refractivity contribution in [2.45, 2.75) is 6.04 Å². The lowest BCUT2D eigenvalue weighted by Gasteiger charge is -2.14. The van der Waals surface area contributed by atoms with Crippen LogP contribution in [0, 0.1) is 5.82 Å². The van der Waals surface area contributed by atoms with E-state index in [2.05, 4.69) is 20.3 Å². The number of hydrogen-bond acceptors (Lipinski definition) is 4. The van der Waals surface area contributed by atoms with Crippen molar-refractivity contribution in [1.29, 1.82) is 0 Å². The summed E-state index contributed by atoms with van der Waals surface area (Å²) in [5, 5.41) is 3.07. The average molecular weight is 218 g/mol. The van der Waals surface area contributed by atoms with Gasteiger partial charge in [0.05, 0.1) is 29.8 Å². The molecule has 16 heavy (non-hydrogen) atoms. The zero-order valence-electron chi connectivity index (χ0n) is 8.76. The first-order valence-electron chi connectivity index (χ1n) is 4.86. The van der Waals surface area contributed by atoms with Gasteiger partial charge in [-0.3, -0.25) is 15.0 Å². The maximum Gasteiger partial charge on any atom is 0.141 e. The van der Waals surface area contributed by atoms with Crippen LogP contribution >= 0.6 is 0 Å². The van der Waals surface area contributed by atoms with Gasteiger partial charge in [-0.1, -0.05) is 0 Å². The maximum absolute atomic E-state index is 12.7. The Kier molecular flexibility index (Phi) is 3.16. The SMILES string of the molecule is CNC(c1ccc(F)cn1)c1cnccn1. The van der Waals surface area contributed by atoms with Crippen LogP contribution in [0.3, 0.4) is 0 Å². The molecule has 1 atom stereocenters. The zero-order valence-corrected chi connectivity index (χ0v) is 8.76. The summed E-state index contributed by atoms with van der Waals surface area (Å²) in [6.45, 7) is 0. The fourth-order valence-electron chi connectivity index (χ4n) is 1.46. The molecule has 0 saturated heterocycles. The van der Waals surface area contributed by atoms with Gasteiger partial charge in [0.1, 0.15) is 5.82 Å². The topological polar surface area (TPSA) is 50.7 Å². The molecule has 0 aliphatic carbocycles. The van der Waals surface area contributed by atoms with Gasteiger partial charge in [0.25, 0.3) is 0 Å². The third-order valence-corrected chi connectivity index (χ3v) is 2.21. The van der Waals surface area contributed by atoms with Gasteiger partial charge in [-0.05, 0) is 19.2 Å². The van der Waals surface area contributed by atoms with Crippen LogP contribution in [0.25, 0.3) is 0 Å². The Morgan fingerprint density at radius 1 is 1.12 bits per heavy atom. The van der Waals surface area contributed by atoms with Crippen molar-refractivity contribution in [2.75, 3.05) is 7.05 Å². The largest absolute Gasteiger partial charge is 0.307 e. The van der Waals surface area contributed by atoms with E-state index in [0.29, 0.717) is 5.69 Å². The molecular weight excluding hydrogens is 207 g/mol. The molecule has 1 N–H and O–H groups in total. The van der Waals surface area contributed by atoms with E-state index in [-0.39, 0.29) is 11.9 Å². The van der Waals surface area contributed by atoms with Crippen LogP contribution in [0.15, 0.2) is 36.9 Å². The molecule has 82 valence electrons. The standard InChI is InChI=1S/C11H11FN4/c1-13-11(10-7-14-4-5-15-10)9-3-2-8(12)6-16-9/h2-7,11,13H,1H3. The lowest BCUT2D eigenvalue weighted by atomic mass is 10.1. The van der Waals surface area contributed by atoms with Gasteiger partial charge in [0.15, 0.2) is 0 Å². The number of nitrogens with zero attached hydrogens (tertiary/aromatic N) is 3. The monoisotopic (exact) mass is 218 g/mol. The average Bonchev–Trinajstić information content (AvgIpc) is 2.34. The minimum absolute atomic E-state index is 0.172. The summed E-state index contributed by atoms with van der Waals surface area (Å²) in [4.78, 5) is 12.2. The van der Waals surface area contributed by atoms with E-state index >= 15 is 0 Å². The summed E-state index contributed by atoms with van der Waals surface area (Å²) >= 11 is 0. The highest BCUT2D eigenvalue weighted by Gasteiger charge is 2.14. The molecule has 0 aromatic carbocycles. The highest BCUT2D eigenvalue weighted by Crippen LogP contribution is 2.16. The van der Waals surface area contributed by atoms with Crippen molar-refractivity contribution >= 4 is 0 Å². The van der Waals surface area contributed by atoms with Gasteiger partial charge >= 0.3 is 0 Å². The predicted octanol–water partition coefficient (Wildman–Crippen LogP) is 1.32. The molecule has 0 fully saturated rings. The number of hydrogen-bond donors (Lipinski definition) is 1. The Bertz CT molecular complexity index is 443. The molecule has 0 bridgehead atoms. The number of nitrogens with one attached hydrogen (secondary N) is 1. The molecule has 1 unspecified atom stereocenters. The molecular formula is C11H11FN4. The first-order valence-corrected chi connectivity index (χ1v) is 4.86. The smallest absolute Gasteiger partial charge is 0.141 e. The fraction of sp³-hybridized carbons (Fsp3) is 0.182. The van der Waals surface area contributed by atoms with Crippen LogP contribution in [0.5, 0.6) is 0 Å². The van der Waals surface area contributed by atoms with E-state index in [0.717, 1.165) is 5.69 Å². The van der Waals surface area contributed by atoms with E-state index in [1.165, 1.54) is 12.3 Å². The van der Waals surface area contributed by atoms with E-state index in [1.54, 1.807) is 31.7 Å². The second kappa shape index (κ2) is 4.76. The third kappa shape index (κ3) is 2.20. The Hall–Kier alpha value is -1.88. The van der Waals surface area contributed by atoms with Crippen molar-refractivity contribution in [3.63, 3.8) is 0 Å². The summed E-state index contributed by atoms with van der Waals surface area (Å²) < 4.78 is 12.7. The Morgan fingerprint density at radius 2 is 2.00 bits per heavy atom. The summed E-state index contributed by atoms with van der Waals surface area (Å²) in [5.41, 5.74) is 1.47. The minimum atomic E-state index is -0.349. The summed E-state index contributed by atoms with van der Waals surface area (Å²) in [7, 11) is 1.80. The number of aromatic nitrogens is 3. The molecule has 0 radical (unpaired) electrons. The molecule has 2 heterocycles. The molecule has 2 rings (SSSR count). The van der Waals surface area contributed by atoms with E-state index in [1.807, 2.05) is 0 Å². The highest BCUT2D eigenvalue weighted by atomic mass is 19.1. The van der Waals surface area contributed by atoms with Gasteiger partial charge in [-0.15, -0.1) is 0 Å². The first-order chi connectivity index (χ1) is 7.81. The van der Waals surface area contributed by atoms with Crippen LogP contribution in [0.4, 0.5) is 4.39 Å². The molecule has 2 aromatic rings. The van der Waals surface area contributed by atoms with Crippen LogP contribution in [-0.2, 0) is 0 Å². The Balaban J connectivity index is 2.33. The molecule has 2 aromatic heterocycles. The number of rotatable bonds is 3. The lowest BCUT2D eigenvalue weighted by molar-refractivity contribution is 0.605. The van der Waals surface area contributed by atoms with Crippen LogP contribution in [0.1, 0.15) is 17.4 Å². The van der Waals surface area contributed by atoms with Gasteiger partial charge in [0.2, 0.25) is 0 Å². The second-order valence-corrected chi connectivity index (χ2v) is 3.25. The normalized spacial score (nSPS) is 12.4. The van der Waals surface area contributed by atoms with Gasteiger partial charge in [-0.2, -0.15) is 0 Å². The predicted molar refractivity (Wildman–Crippen MR) is 57.1 cm³/mol. The molecule has 4 nitrogen and oxygen atoms in total. The summed E-state index contributed by atoms with van der Waals surface area (Å²) in [6.07, 6.45) is 6.07. The molecule has 0 amide bonds. The van der Waals surface area contributed by atoms with Crippen molar-refractivity contribution in [3.8, 4) is 0 Å². The minimum Gasteiger partial charge on any atom is -0.307 e. The van der Waals surface area contributed by atoms with Gasteiger partial charge in [0, 0.05) is 12.4 Å². The van der Waals surface area contributed by atoms with E-state index in [4.69, 9.17) is 0 Å². The van der Waals surface area contributed by atoms with Crippen molar-refractivity contribution in [3.05, 3.63) is 54.1 Å². The van der Waals surface area contributed by atoms with Crippen molar-refractivity contribution in [2.24, 2.45) is 0 Å². The Labute approximate surface area is 92.6 Å². The molecule has 0 aliphatic heterocycles. The van der Waals surface area contributed by atoms with E-state index in [9.17, 15) is 4.39 Å². The molecule has 0 saturated carbocycles. The quantitative estimate of drug-likeness (QED) is 0.844. The number of pyridine rings is 1. The first kappa shape index (κ1) is 10.6. The Morgan fingerprint density at radius 3 is 2.56 bits per heavy atom. The number of halogens is 1. The highest BCUT2D eigenvalue weighted by molar-refractivity contribution is 5.19. The van der Waals surface area contributed by atoms with Crippen LogP contribution in [-0.4, -0.2) is 22.0 Å². The van der Waals surface area contributed by atoms with E-state index < -0.39 is 0 Å². The third-order valence-electron chi connectivity index (χ3n) is 2.21. The van der Waals surface area contributed by atoms with Crippen LogP contribution < -0.4 is 5.32 Å². The fourth-order valence-corrected chi connectivity index (χ4v) is 1.46. The second-order valence-electron chi connectivity index (χ2n) is 3.25.